The number of hydrogen-bond acceptors (Lipinski definition) is 6. The van der Waals surface area contributed by atoms with E-state index in [1.807, 2.05) is 24.3 Å². The molecule has 9 heteroatoms. The van der Waals surface area contributed by atoms with E-state index in [1.54, 1.807) is 31.4 Å². The van der Waals surface area contributed by atoms with Gasteiger partial charge in [0.25, 0.3) is 11.8 Å². The van der Waals surface area contributed by atoms with Gasteiger partial charge in [-0.2, -0.15) is 0 Å². The Labute approximate surface area is 175 Å². The zero-order valence-electron chi connectivity index (χ0n) is 15.4. The Hall–Kier alpha value is -3.10. The summed E-state index contributed by atoms with van der Waals surface area (Å²) in [4.78, 5) is 36.3. The molecular weight excluding hydrogens is 416 g/mol. The second-order valence-electron chi connectivity index (χ2n) is 5.86. The fraction of sp³-hybridized carbons (Fsp3) is 0.150. The van der Waals surface area contributed by atoms with Gasteiger partial charge in [-0.25, -0.2) is 0 Å². The number of hydrogen-bond donors (Lipinski definition) is 2. The Balaban J connectivity index is 1.45. The fourth-order valence-electron chi connectivity index (χ4n) is 2.46. The van der Waals surface area contributed by atoms with Gasteiger partial charge in [0, 0.05) is 15.8 Å². The first-order valence-electron chi connectivity index (χ1n) is 8.52. The molecule has 0 radical (unpaired) electrons. The first-order valence-corrected chi connectivity index (χ1v) is 9.72. The smallest absolute Gasteiger partial charge is 0.325 e. The zero-order valence-corrected chi connectivity index (χ0v) is 16.9. The highest BCUT2D eigenvalue weighted by Gasteiger charge is 2.18. The van der Waals surface area contributed by atoms with Gasteiger partial charge in [0.2, 0.25) is 0 Å². The minimum atomic E-state index is -0.736. The first kappa shape index (κ1) is 20.6. The van der Waals surface area contributed by atoms with Crippen LogP contribution in [0.2, 0.25) is 5.02 Å². The third kappa shape index (κ3) is 5.24. The highest BCUT2D eigenvalue weighted by atomic mass is 35.5. The van der Waals surface area contributed by atoms with Crippen LogP contribution in [0, 0.1) is 0 Å². The average Bonchev–Trinajstić information content (AvgIpc) is 3.08. The van der Waals surface area contributed by atoms with Crippen molar-refractivity contribution in [2.45, 2.75) is 0 Å². The number of fused-ring (bicyclic) bond motifs is 1. The van der Waals surface area contributed by atoms with Crippen LogP contribution >= 0.6 is 22.9 Å². The maximum Gasteiger partial charge on any atom is 0.325 e. The molecule has 0 bridgehead atoms. The summed E-state index contributed by atoms with van der Waals surface area (Å²) in [6, 6.07) is 14.1. The average molecular weight is 433 g/mol. The molecule has 7 nitrogen and oxygen atoms in total. The lowest BCUT2D eigenvalue weighted by Crippen LogP contribution is -2.32. The van der Waals surface area contributed by atoms with Crippen LogP contribution in [0.15, 0.2) is 48.5 Å². The molecule has 0 aliphatic heterocycles. The van der Waals surface area contributed by atoms with Crippen molar-refractivity contribution in [3.8, 4) is 5.75 Å². The first-order chi connectivity index (χ1) is 14.0. The summed E-state index contributed by atoms with van der Waals surface area (Å²) >= 11 is 7.48. The Kier molecular flexibility index (Phi) is 6.69. The molecule has 0 aliphatic carbocycles. The number of methoxy groups -OCH3 is 1. The van der Waals surface area contributed by atoms with Crippen molar-refractivity contribution in [1.29, 1.82) is 0 Å². The minimum Gasteiger partial charge on any atom is -0.497 e. The normalized spacial score (nSPS) is 10.4. The van der Waals surface area contributed by atoms with Crippen molar-refractivity contribution in [2.24, 2.45) is 0 Å². The number of thiophene rings is 1. The van der Waals surface area contributed by atoms with Gasteiger partial charge in [0.15, 0.2) is 6.61 Å². The number of anilines is 1. The van der Waals surface area contributed by atoms with E-state index in [0.29, 0.717) is 21.3 Å². The van der Waals surface area contributed by atoms with E-state index in [9.17, 15) is 14.4 Å². The molecule has 1 heterocycles. The van der Waals surface area contributed by atoms with Crippen molar-refractivity contribution < 1.29 is 23.9 Å². The molecule has 0 unspecified atom stereocenters. The van der Waals surface area contributed by atoms with Gasteiger partial charge in [-0.05, 0) is 30.3 Å². The molecule has 0 saturated carbocycles. The van der Waals surface area contributed by atoms with E-state index in [-0.39, 0.29) is 6.54 Å². The molecule has 0 spiro atoms. The molecule has 2 amide bonds. The van der Waals surface area contributed by atoms with Gasteiger partial charge < -0.3 is 20.1 Å². The minimum absolute atomic E-state index is 0.318. The number of carbonyl (C=O) groups excluding carboxylic acids is 3. The van der Waals surface area contributed by atoms with Crippen LogP contribution in [0.5, 0.6) is 5.75 Å². The molecule has 29 heavy (non-hydrogen) atoms. The molecule has 0 fully saturated rings. The highest BCUT2D eigenvalue weighted by molar-refractivity contribution is 7.21. The zero-order chi connectivity index (χ0) is 20.8. The van der Waals surface area contributed by atoms with Crippen LogP contribution in [-0.4, -0.2) is 38.0 Å². The molecule has 0 saturated heterocycles. The largest absolute Gasteiger partial charge is 0.497 e. The summed E-state index contributed by atoms with van der Waals surface area (Å²) in [5.41, 5.74) is 0.541. The Bertz CT molecular complexity index is 1050. The van der Waals surface area contributed by atoms with Crippen LogP contribution in [0.25, 0.3) is 10.1 Å². The van der Waals surface area contributed by atoms with Crippen LogP contribution in [-0.2, 0) is 14.3 Å². The van der Waals surface area contributed by atoms with E-state index < -0.39 is 24.4 Å². The Morgan fingerprint density at radius 1 is 1.07 bits per heavy atom. The number of halogens is 1. The van der Waals surface area contributed by atoms with Gasteiger partial charge in [-0.1, -0.05) is 29.8 Å². The predicted molar refractivity (Wildman–Crippen MR) is 112 cm³/mol. The Morgan fingerprint density at radius 2 is 1.79 bits per heavy atom. The number of rotatable bonds is 7. The molecule has 2 N–H and O–H groups in total. The lowest BCUT2D eigenvalue weighted by molar-refractivity contribution is -0.146. The van der Waals surface area contributed by atoms with Crippen molar-refractivity contribution in [2.75, 3.05) is 25.6 Å². The van der Waals surface area contributed by atoms with Gasteiger partial charge in [-0.15, -0.1) is 11.3 Å². The second-order valence-corrected chi connectivity index (χ2v) is 7.29. The summed E-state index contributed by atoms with van der Waals surface area (Å²) in [6.45, 7) is -0.844. The summed E-state index contributed by atoms with van der Waals surface area (Å²) in [7, 11) is 1.54. The number of amides is 2. The van der Waals surface area contributed by atoms with E-state index in [0.717, 1.165) is 10.1 Å². The number of ether oxygens (including phenoxy) is 2. The fourth-order valence-corrected chi connectivity index (χ4v) is 3.89. The van der Waals surface area contributed by atoms with Crippen molar-refractivity contribution in [3.05, 3.63) is 58.4 Å². The molecule has 1 aromatic heterocycles. The van der Waals surface area contributed by atoms with E-state index >= 15 is 0 Å². The maximum absolute atomic E-state index is 12.3. The number of esters is 1. The molecule has 150 valence electrons. The van der Waals surface area contributed by atoms with Crippen molar-refractivity contribution in [1.82, 2.24) is 5.32 Å². The molecule has 3 rings (SSSR count). The van der Waals surface area contributed by atoms with Crippen molar-refractivity contribution in [3.63, 3.8) is 0 Å². The number of benzene rings is 2. The van der Waals surface area contributed by atoms with Gasteiger partial charge in [-0.3, -0.25) is 14.4 Å². The summed E-state index contributed by atoms with van der Waals surface area (Å²) < 4.78 is 10.8. The summed E-state index contributed by atoms with van der Waals surface area (Å²) in [5, 5.41) is 6.16. The van der Waals surface area contributed by atoms with Crippen LogP contribution in [0.1, 0.15) is 9.67 Å². The monoisotopic (exact) mass is 432 g/mol. The quantitative estimate of drug-likeness (QED) is 0.557. The lowest BCUT2D eigenvalue weighted by atomic mass is 10.2. The molecular formula is C20H17ClN2O5S. The second kappa shape index (κ2) is 9.40. The number of nitrogens with one attached hydrogen (secondary N) is 2. The predicted octanol–water partition coefficient (Wildman–Crippen LogP) is 3.48. The standard InChI is InChI=1S/C20H17ClN2O5S/c1-27-13-8-6-12(7-9-13)23-16(24)11-28-17(25)10-22-20(26)19-18(21)14-4-2-3-5-15(14)29-19/h2-9H,10-11H2,1H3,(H,22,26)(H,23,24). The third-order valence-corrected chi connectivity index (χ3v) is 5.55. The van der Waals surface area contributed by atoms with Crippen LogP contribution < -0.4 is 15.4 Å². The maximum atomic E-state index is 12.3. The van der Waals surface area contributed by atoms with Crippen LogP contribution in [0.4, 0.5) is 5.69 Å². The van der Waals surface area contributed by atoms with Crippen LogP contribution in [0.3, 0.4) is 0 Å². The topological polar surface area (TPSA) is 93.7 Å². The summed E-state index contributed by atoms with van der Waals surface area (Å²) in [5.74, 6) is -1.05. The van der Waals surface area contributed by atoms with Gasteiger partial charge in [0.1, 0.15) is 17.2 Å². The Morgan fingerprint density at radius 3 is 2.48 bits per heavy atom. The summed E-state index contributed by atoms with van der Waals surface area (Å²) in [6.07, 6.45) is 0. The molecule has 3 aromatic rings. The SMILES string of the molecule is COc1ccc(NC(=O)COC(=O)CNC(=O)c2sc3ccccc3c2Cl)cc1. The van der Waals surface area contributed by atoms with E-state index in [4.69, 9.17) is 21.1 Å². The highest BCUT2D eigenvalue weighted by Crippen LogP contribution is 2.34. The van der Waals surface area contributed by atoms with Crippen molar-refractivity contribution >= 4 is 56.5 Å². The molecule has 2 aromatic carbocycles. The molecule has 0 atom stereocenters. The van der Waals surface area contributed by atoms with E-state index in [2.05, 4.69) is 10.6 Å². The van der Waals surface area contributed by atoms with Gasteiger partial charge in [0.05, 0.1) is 12.1 Å². The van der Waals surface area contributed by atoms with Gasteiger partial charge >= 0.3 is 5.97 Å². The third-order valence-electron chi connectivity index (χ3n) is 3.87. The lowest BCUT2D eigenvalue weighted by Gasteiger charge is -2.08. The van der Waals surface area contributed by atoms with E-state index in [1.165, 1.54) is 11.3 Å². The molecule has 0 aliphatic rings. The number of carbonyl (C=O) groups is 3.